The van der Waals surface area contributed by atoms with E-state index in [4.69, 9.17) is 25.7 Å². The van der Waals surface area contributed by atoms with Gasteiger partial charge in [0.2, 0.25) is 0 Å². The van der Waals surface area contributed by atoms with Gasteiger partial charge in [0.05, 0.1) is 31.7 Å². The Hall–Kier alpha value is -2.73. The molecule has 14 heteroatoms. The van der Waals surface area contributed by atoms with Crippen LogP contribution in [0.4, 0.5) is 5.82 Å². The molecular weight excluding hydrogens is 513 g/mol. The number of ether oxygens (including phenoxy) is 3. The fourth-order valence-electron chi connectivity index (χ4n) is 2.96. The summed E-state index contributed by atoms with van der Waals surface area (Å²) in [6.45, 7) is 13.3. The molecule has 0 aliphatic rings. The SMILES string of the molecule is CC(C)OC(=O)C(C)(C)N[P+](=O)COC(C)Cn1cnc2c(N)ncnc21.CCCCCOC(=O)C(C)N. The number of hydrogen-bond donors (Lipinski definition) is 3. The van der Waals surface area contributed by atoms with Gasteiger partial charge < -0.3 is 30.2 Å². The Morgan fingerprint density at radius 3 is 2.45 bits per heavy atom. The first-order valence-electron chi connectivity index (χ1n) is 12.7. The third kappa shape index (κ3) is 11.8. The Labute approximate surface area is 225 Å². The van der Waals surface area contributed by atoms with E-state index in [1.165, 1.54) is 6.33 Å². The van der Waals surface area contributed by atoms with Crippen LogP contribution in [0.1, 0.15) is 67.7 Å². The maximum atomic E-state index is 12.3. The average molecular weight is 557 g/mol. The van der Waals surface area contributed by atoms with Gasteiger partial charge in [-0.25, -0.2) is 19.7 Å². The smallest absolute Gasteiger partial charge is 0.461 e. The Kier molecular flexibility index (Phi) is 14.3. The summed E-state index contributed by atoms with van der Waals surface area (Å²) < 4.78 is 29.7. The van der Waals surface area contributed by atoms with E-state index in [-0.39, 0.29) is 24.5 Å². The molecule has 3 atom stereocenters. The van der Waals surface area contributed by atoms with Gasteiger partial charge >= 0.3 is 19.9 Å². The number of nitrogens with zero attached hydrogens (tertiary/aromatic N) is 4. The predicted molar refractivity (Wildman–Crippen MR) is 145 cm³/mol. The third-order valence-corrected chi connectivity index (χ3v) is 6.17. The first kappa shape index (κ1) is 33.3. The average Bonchev–Trinajstić information content (AvgIpc) is 3.24. The van der Waals surface area contributed by atoms with Gasteiger partial charge in [0, 0.05) is 0 Å². The lowest BCUT2D eigenvalue weighted by molar-refractivity contribution is -0.153. The molecule has 214 valence electrons. The van der Waals surface area contributed by atoms with Gasteiger partial charge in [-0.2, -0.15) is 0 Å². The molecule has 0 saturated heterocycles. The Balaban J connectivity index is 0.000000554. The van der Waals surface area contributed by atoms with Crippen molar-refractivity contribution < 1.29 is 28.4 Å². The molecule has 2 aromatic rings. The first-order chi connectivity index (χ1) is 17.8. The molecule has 0 fully saturated rings. The molecule has 0 spiro atoms. The summed E-state index contributed by atoms with van der Waals surface area (Å²) >= 11 is 0. The van der Waals surface area contributed by atoms with Crippen LogP contribution in [0.5, 0.6) is 0 Å². The minimum Gasteiger partial charge on any atom is -0.465 e. The lowest BCUT2D eigenvalue weighted by atomic mass is 10.1. The zero-order chi connectivity index (χ0) is 28.9. The molecule has 0 radical (unpaired) electrons. The molecule has 2 aromatic heterocycles. The predicted octanol–water partition coefficient (Wildman–Crippen LogP) is 2.90. The molecule has 0 aliphatic heterocycles. The summed E-state index contributed by atoms with van der Waals surface area (Å²) in [4.78, 5) is 35.1. The number of nitrogens with two attached hydrogens (primary N) is 2. The van der Waals surface area contributed by atoms with Crippen LogP contribution in [-0.4, -0.2) is 68.2 Å². The normalized spacial score (nSPS) is 13.4. The van der Waals surface area contributed by atoms with Crippen molar-refractivity contribution in [3.8, 4) is 0 Å². The number of imidazole rings is 1. The highest BCUT2D eigenvalue weighted by atomic mass is 31.1. The van der Waals surface area contributed by atoms with Crippen LogP contribution in [0, 0.1) is 0 Å². The number of unbranched alkanes of at least 4 members (excludes halogenated alkanes) is 2. The summed E-state index contributed by atoms with van der Waals surface area (Å²) in [5.41, 5.74) is 11.1. The number of nitrogen functional groups attached to an aromatic ring is 1. The van der Waals surface area contributed by atoms with Crippen molar-refractivity contribution >= 4 is 36.9 Å². The van der Waals surface area contributed by atoms with Crippen molar-refractivity contribution in [2.75, 3.05) is 18.7 Å². The summed E-state index contributed by atoms with van der Waals surface area (Å²) in [6, 6.07) is -0.489. The van der Waals surface area contributed by atoms with E-state index in [1.807, 2.05) is 6.92 Å². The highest BCUT2D eigenvalue weighted by Gasteiger charge is 2.38. The monoisotopic (exact) mass is 556 g/mol. The molecule has 5 N–H and O–H groups in total. The second-order valence-electron chi connectivity index (χ2n) is 9.67. The molecular formula is C24H43N7O6P+. The van der Waals surface area contributed by atoms with Crippen molar-refractivity contribution in [3.63, 3.8) is 0 Å². The van der Waals surface area contributed by atoms with E-state index in [1.54, 1.807) is 45.5 Å². The van der Waals surface area contributed by atoms with Crippen molar-refractivity contribution in [1.82, 2.24) is 24.6 Å². The van der Waals surface area contributed by atoms with Crippen LogP contribution in [-0.2, 0) is 34.9 Å². The number of aromatic nitrogens is 4. The van der Waals surface area contributed by atoms with E-state index < -0.39 is 25.5 Å². The number of carbonyl (C=O) groups excluding carboxylic acids is 2. The van der Waals surface area contributed by atoms with E-state index in [9.17, 15) is 14.2 Å². The van der Waals surface area contributed by atoms with E-state index in [0.29, 0.717) is 30.1 Å². The fraction of sp³-hybridized carbons (Fsp3) is 0.708. The number of hydrogen-bond acceptors (Lipinski definition) is 11. The molecule has 0 aliphatic carbocycles. The lowest BCUT2D eigenvalue weighted by Crippen LogP contribution is -2.45. The second-order valence-corrected chi connectivity index (χ2v) is 10.9. The van der Waals surface area contributed by atoms with Gasteiger partial charge in [0.1, 0.15) is 17.9 Å². The number of rotatable bonds is 14. The molecule has 0 saturated carbocycles. The van der Waals surface area contributed by atoms with Crippen LogP contribution >= 0.6 is 7.95 Å². The molecule has 2 heterocycles. The van der Waals surface area contributed by atoms with Gasteiger partial charge in [-0.05, 0) is 52.5 Å². The molecule has 38 heavy (non-hydrogen) atoms. The van der Waals surface area contributed by atoms with Gasteiger partial charge in [-0.1, -0.05) is 24.9 Å². The van der Waals surface area contributed by atoms with Crippen LogP contribution in [0.15, 0.2) is 12.7 Å². The van der Waals surface area contributed by atoms with Crippen molar-refractivity contribution in [1.29, 1.82) is 0 Å². The minimum atomic E-state index is -1.96. The molecule has 0 aromatic carbocycles. The van der Waals surface area contributed by atoms with Crippen LogP contribution in [0.3, 0.4) is 0 Å². The highest BCUT2D eigenvalue weighted by molar-refractivity contribution is 7.42. The summed E-state index contributed by atoms with van der Waals surface area (Å²) in [7, 11) is -1.96. The standard InChI is InChI=1S/C16H26N6O4P.C8H17NO2/c1-10(2)26-15(23)16(4,5)21-27(24)9-25-11(3)6-22-8-20-12-13(17)18-7-19-14(12)22;1-3-4-5-6-11-8(10)7(2)9/h7-8,10-11H,6,9H2,1-5H3,(H,21,24)(H2,17,18,19);7H,3-6,9H2,1-2H3/q+1;. The van der Waals surface area contributed by atoms with E-state index in [0.717, 1.165) is 19.3 Å². The highest BCUT2D eigenvalue weighted by Crippen LogP contribution is 2.23. The Bertz CT molecular complexity index is 1040. The van der Waals surface area contributed by atoms with Crippen molar-refractivity contribution in [2.24, 2.45) is 5.73 Å². The second kappa shape index (κ2) is 16.3. The van der Waals surface area contributed by atoms with Gasteiger partial charge in [0.15, 0.2) is 17.0 Å². The third-order valence-electron chi connectivity index (χ3n) is 4.98. The minimum absolute atomic E-state index is 0.0430. The molecule has 2 rings (SSSR count). The number of fused-ring (bicyclic) bond motifs is 1. The molecule has 3 unspecified atom stereocenters. The van der Waals surface area contributed by atoms with Crippen LogP contribution in [0.2, 0.25) is 0 Å². The number of esters is 2. The Morgan fingerprint density at radius 2 is 1.84 bits per heavy atom. The summed E-state index contributed by atoms with van der Waals surface area (Å²) in [5, 5.41) is 2.77. The number of anilines is 1. The molecule has 0 bridgehead atoms. The Morgan fingerprint density at radius 1 is 1.16 bits per heavy atom. The summed E-state index contributed by atoms with van der Waals surface area (Å²) in [6.07, 6.45) is 5.62. The first-order valence-corrected chi connectivity index (χ1v) is 14.1. The number of carbonyl (C=O) groups is 2. The number of nitrogens with one attached hydrogen (secondary N) is 1. The van der Waals surface area contributed by atoms with Gasteiger partial charge in [-0.3, -0.25) is 4.79 Å². The molecule has 13 nitrogen and oxygen atoms in total. The zero-order valence-corrected chi connectivity index (χ0v) is 24.4. The van der Waals surface area contributed by atoms with Crippen LogP contribution in [0.25, 0.3) is 11.2 Å². The largest absolute Gasteiger partial charge is 0.465 e. The lowest BCUT2D eigenvalue weighted by Gasteiger charge is -2.20. The van der Waals surface area contributed by atoms with E-state index >= 15 is 0 Å². The van der Waals surface area contributed by atoms with E-state index in [2.05, 4.69) is 27.0 Å². The maximum Gasteiger partial charge on any atom is 0.461 e. The fourth-order valence-corrected chi connectivity index (χ4v) is 4.13. The maximum absolute atomic E-state index is 12.3. The van der Waals surface area contributed by atoms with Gasteiger partial charge in [0.25, 0.3) is 6.35 Å². The molecule has 0 amide bonds. The van der Waals surface area contributed by atoms with Crippen molar-refractivity contribution in [3.05, 3.63) is 12.7 Å². The topological polar surface area (TPSA) is 187 Å². The quantitative estimate of drug-likeness (QED) is 0.176. The zero-order valence-electron chi connectivity index (χ0n) is 23.5. The van der Waals surface area contributed by atoms with Gasteiger partial charge in [-0.15, -0.1) is 0 Å². The summed E-state index contributed by atoms with van der Waals surface area (Å²) in [5.74, 6) is -0.452. The van der Waals surface area contributed by atoms with Crippen molar-refractivity contribution in [2.45, 2.75) is 98.1 Å². The van der Waals surface area contributed by atoms with Crippen LogP contribution < -0.4 is 16.6 Å².